The number of hydrogen-bond acceptors (Lipinski definition) is 9. The second-order valence-corrected chi connectivity index (χ2v) is 12.8. The molecule has 0 radical (unpaired) electrons. The summed E-state index contributed by atoms with van der Waals surface area (Å²) in [7, 11) is 1.13. The van der Waals surface area contributed by atoms with Crippen LogP contribution in [0.4, 0.5) is 5.69 Å². The molecule has 1 amide bonds. The number of methoxy groups -OCH3 is 1. The number of hydrogen-bond donors (Lipinski definition) is 2. The lowest BCUT2D eigenvalue weighted by molar-refractivity contribution is -0.384. The average molecular weight is 652 g/mol. The van der Waals surface area contributed by atoms with Gasteiger partial charge in [0.2, 0.25) is 0 Å². The highest BCUT2D eigenvalue weighted by molar-refractivity contribution is 6.04. The summed E-state index contributed by atoms with van der Waals surface area (Å²) in [6.07, 6.45) is -0.320. The molecule has 0 unspecified atom stereocenters. The molecular formula is C37H37N3O8. The maximum Gasteiger partial charge on any atom is 0.337 e. The normalized spacial score (nSPS) is 18.2. The van der Waals surface area contributed by atoms with E-state index in [1.165, 1.54) is 25.1 Å². The van der Waals surface area contributed by atoms with Crippen LogP contribution in [0.3, 0.4) is 0 Å². The van der Waals surface area contributed by atoms with Crippen LogP contribution in [0.25, 0.3) is 11.1 Å². The number of nitrogens with zero attached hydrogens (tertiary/aromatic N) is 1. The molecule has 0 saturated heterocycles. The zero-order valence-corrected chi connectivity index (χ0v) is 27.4. The Balaban J connectivity index is 1.47. The van der Waals surface area contributed by atoms with Crippen LogP contribution in [0.5, 0.6) is 0 Å². The Morgan fingerprint density at radius 3 is 2.29 bits per heavy atom. The van der Waals surface area contributed by atoms with Gasteiger partial charge in [0.05, 0.1) is 17.6 Å². The minimum absolute atomic E-state index is 0.0659. The first-order chi connectivity index (χ1) is 22.8. The summed E-state index contributed by atoms with van der Waals surface area (Å²) >= 11 is 0. The van der Waals surface area contributed by atoms with Gasteiger partial charge in [-0.3, -0.25) is 19.7 Å². The van der Waals surface area contributed by atoms with Crippen LogP contribution < -0.4 is 10.6 Å². The second-order valence-electron chi connectivity index (χ2n) is 12.8. The lowest BCUT2D eigenvalue weighted by atomic mass is 9.68. The summed E-state index contributed by atoms with van der Waals surface area (Å²) in [6, 6.07) is 21.1. The maximum absolute atomic E-state index is 14.1. The zero-order valence-electron chi connectivity index (χ0n) is 27.4. The molecule has 0 fully saturated rings. The van der Waals surface area contributed by atoms with Crippen LogP contribution in [0.15, 0.2) is 101 Å². The van der Waals surface area contributed by atoms with Crippen LogP contribution in [-0.4, -0.2) is 47.8 Å². The van der Waals surface area contributed by atoms with Crippen molar-refractivity contribution < 1.29 is 33.6 Å². The fourth-order valence-corrected chi connectivity index (χ4v) is 6.32. The van der Waals surface area contributed by atoms with Crippen molar-refractivity contribution >= 4 is 29.3 Å². The highest BCUT2D eigenvalue weighted by Crippen LogP contribution is 2.47. The lowest BCUT2D eigenvalue weighted by Crippen LogP contribution is -2.50. The summed E-state index contributed by atoms with van der Waals surface area (Å²) in [4.78, 5) is 64.3. The molecule has 0 aromatic heterocycles. The average Bonchev–Trinajstić information content (AvgIpc) is 3.05. The lowest BCUT2D eigenvalue weighted by Gasteiger charge is -2.39. The van der Waals surface area contributed by atoms with Crippen molar-refractivity contribution in [3.8, 4) is 11.1 Å². The molecule has 5 rings (SSSR count). The molecule has 11 heteroatoms. The highest BCUT2D eigenvalue weighted by Gasteiger charge is 2.44. The fourth-order valence-electron chi connectivity index (χ4n) is 6.32. The van der Waals surface area contributed by atoms with E-state index in [9.17, 15) is 29.3 Å². The summed E-state index contributed by atoms with van der Waals surface area (Å²) in [5, 5.41) is 17.0. The minimum atomic E-state index is -1.45. The number of amides is 1. The number of nitro benzene ring substituents is 1. The predicted octanol–water partition coefficient (Wildman–Crippen LogP) is 5.77. The number of nitrogens with one attached hydrogen (secondary N) is 2. The van der Waals surface area contributed by atoms with Gasteiger partial charge >= 0.3 is 11.9 Å². The van der Waals surface area contributed by atoms with Crippen LogP contribution >= 0.6 is 0 Å². The number of ether oxygens (including phenoxy) is 2. The maximum atomic E-state index is 14.1. The Hall–Kier alpha value is -5.58. The molecule has 2 N–H and O–H groups in total. The van der Waals surface area contributed by atoms with Gasteiger partial charge in [-0.15, -0.1) is 0 Å². The molecule has 1 aliphatic carbocycles. The third-order valence-electron chi connectivity index (χ3n) is 8.63. The van der Waals surface area contributed by atoms with Crippen molar-refractivity contribution in [3.63, 3.8) is 0 Å². The van der Waals surface area contributed by atoms with Gasteiger partial charge in [0.1, 0.15) is 6.10 Å². The number of benzene rings is 3. The van der Waals surface area contributed by atoms with Crippen molar-refractivity contribution in [1.29, 1.82) is 0 Å². The number of carbonyl (C=O) groups excluding carboxylic acids is 4. The van der Waals surface area contributed by atoms with Crippen LogP contribution in [-0.2, 0) is 23.9 Å². The van der Waals surface area contributed by atoms with Crippen molar-refractivity contribution in [2.24, 2.45) is 5.41 Å². The minimum Gasteiger partial charge on any atom is -0.467 e. The topological polar surface area (TPSA) is 154 Å². The SMILES string of the molecule is COC(=O)[C@@H](NC(=O)c1cccc([N+](=O)[O-])c1)[C@@H](C)OC(=O)C1=C(C)NC2=C(C(=O)CC(C)(C)C2)[C@H]1c1ccc(-c2ccccc2)cc1. The number of allylic oxidation sites excluding steroid dienone is 3. The van der Waals surface area contributed by atoms with Gasteiger partial charge in [0.25, 0.3) is 11.6 Å². The number of dihydropyridines is 1. The number of esters is 2. The molecule has 3 aromatic rings. The molecule has 48 heavy (non-hydrogen) atoms. The number of carbonyl (C=O) groups is 4. The summed E-state index contributed by atoms with van der Waals surface area (Å²) in [6.45, 7) is 7.23. The molecule has 1 heterocycles. The predicted molar refractivity (Wildman–Crippen MR) is 177 cm³/mol. The molecule has 3 aromatic carbocycles. The Morgan fingerprint density at radius 1 is 0.979 bits per heavy atom. The van der Waals surface area contributed by atoms with E-state index in [4.69, 9.17) is 9.47 Å². The van der Waals surface area contributed by atoms with Gasteiger partial charge in [0.15, 0.2) is 11.8 Å². The molecule has 3 atom stereocenters. The van der Waals surface area contributed by atoms with Crippen molar-refractivity contribution in [1.82, 2.24) is 10.6 Å². The van der Waals surface area contributed by atoms with E-state index in [0.717, 1.165) is 35.6 Å². The summed E-state index contributed by atoms with van der Waals surface area (Å²) < 4.78 is 10.7. The molecule has 11 nitrogen and oxygen atoms in total. The first-order valence-electron chi connectivity index (χ1n) is 15.5. The fraction of sp³-hybridized carbons (Fsp3) is 0.297. The van der Waals surface area contributed by atoms with Gasteiger partial charge in [-0.25, -0.2) is 9.59 Å². The van der Waals surface area contributed by atoms with Crippen LogP contribution in [0.1, 0.15) is 62.4 Å². The van der Waals surface area contributed by atoms with Crippen molar-refractivity contribution in [2.75, 3.05) is 7.11 Å². The molecule has 0 spiro atoms. The van der Waals surface area contributed by atoms with E-state index in [2.05, 4.69) is 10.6 Å². The first-order valence-corrected chi connectivity index (χ1v) is 15.5. The molecule has 0 bridgehead atoms. The summed E-state index contributed by atoms with van der Waals surface area (Å²) in [5.41, 5.74) is 4.02. The molecular weight excluding hydrogens is 614 g/mol. The van der Waals surface area contributed by atoms with Crippen molar-refractivity contribution in [3.05, 3.63) is 123 Å². The van der Waals surface area contributed by atoms with Crippen molar-refractivity contribution in [2.45, 2.75) is 58.6 Å². The van der Waals surface area contributed by atoms with E-state index in [1.807, 2.05) is 68.4 Å². The number of Topliss-reactive ketones (excluding diaryl/α,β-unsaturated/α-hetero) is 1. The second kappa shape index (κ2) is 13.6. The monoisotopic (exact) mass is 651 g/mol. The quantitative estimate of drug-likeness (QED) is 0.167. The number of non-ortho nitro benzene ring substituents is 1. The van der Waals surface area contributed by atoms with Gasteiger partial charge in [-0.05, 0) is 48.4 Å². The number of rotatable bonds is 9. The van der Waals surface area contributed by atoms with E-state index < -0.39 is 40.8 Å². The highest BCUT2D eigenvalue weighted by atomic mass is 16.6. The Labute approximate surface area is 278 Å². The standard InChI is InChI=1S/C37H37N3O8/c1-21-30(35(43)48-22(2)33(36(44)47-5)39-34(42)26-12-9-13-27(18-26)40(45)46)31(32-28(38-21)19-37(3,4)20-29(32)41)25-16-14-24(15-17-25)23-10-7-6-8-11-23/h6-18,22,31,33,38H,19-20H2,1-5H3,(H,39,42)/t22-,31+,33+/m1/s1. The summed E-state index contributed by atoms with van der Waals surface area (Å²) in [5.74, 6) is -3.29. The Bertz CT molecular complexity index is 1840. The van der Waals surface area contributed by atoms with E-state index in [-0.39, 0.29) is 28.0 Å². The third-order valence-corrected chi connectivity index (χ3v) is 8.63. The molecule has 1 aliphatic heterocycles. The first kappa shape index (κ1) is 33.8. The third kappa shape index (κ3) is 7.05. The number of nitro groups is 1. The van der Waals surface area contributed by atoms with Gasteiger partial charge in [0, 0.05) is 47.0 Å². The smallest absolute Gasteiger partial charge is 0.337 e. The number of ketones is 1. The van der Waals surface area contributed by atoms with E-state index in [1.54, 1.807) is 6.92 Å². The van der Waals surface area contributed by atoms with Gasteiger partial charge in [-0.2, -0.15) is 0 Å². The largest absolute Gasteiger partial charge is 0.467 e. The van der Waals surface area contributed by atoms with Gasteiger partial charge in [-0.1, -0.05) is 74.5 Å². The molecule has 0 saturated carbocycles. The van der Waals surface area contributed by atoms with E-state index >= 15 is 0 Å². The van der Waals surface area contributed by atoms with E-state index in [0.29, 0.717) is 24.1 Å². The molecule has 2 aliphatic rings. The van der Waals surface area contributed by atoms with Crippen LogP contribution in [0, 0.1) is 15.5 Å². The van der Waals surface area contributed by atoms with Gasteiger partial charge < -0.3 is 20.1 Å². The Kier molecular flexibility index (Phi) is 9.60. The Morgan fingerprint density at radius 2 is 1.65 bits per heavy atom. The molecule has 248 valence electrons. The van der Waals surface area contributed by atoms with Crippen LogP contribution in [0.2, 0.25) is 0 Å². The zero-order chi connectivity index (χ0) is 34.7.